The summed E-state index contributed by atoms with van der Waals surface area (Å²) in [6.07, 6.45) is 0.807. The van der Waals surface area contributed by atoms with Gasteiger partial charge in [0.15, 0.2) is 11.5 Å². The molecule has 1 heterocycles. The minimum absolute atomic E-state index is 0.0148. The Morgan fingerprint density at radius 1 is 1.00 bits per heavy atom. The summed E-state index contributed by atoms with van der Waals surface area (Å²) in [7, 11) is 6.58. The number of benzene rings is 3. The lowest BCUT2D eigenvalue weighted by Crippen LogP contribution is -2.29. The number of aliphatic hydroxyl groups excluding tert-OH is 1. The van der Waals surface area contributed by atoms with Crippen molar-refractivity contribution in [2.24, 2.45) is 0 Å². The minimum atomic E-state index is -0.970. The zero-order valence-electron chi connectivity index (χ0n) is 22.8. The van der Waals surface area contributed by atoms with Crippen LogP contribution in [0.2, 0.25) is 10.0 Å². The maximum absolute atomic E-state index is 13.6. The highest BCUT2D eigenvalue weighted by atomic mass is 35.5. The fraction of sp³-hybridized carbons (Fsp3) is 0.267. The lowest BCUT2D eigenvalue weighted by atomic mass is 9.94. The van der Waals surface area contributed by atoms with Crippen LogP contribution in [0.25, 0.3) is 5.76 Å². The predicted molar refractivity (Wildman–Crippen MR) is 157 cm³/mol. The highest BCUT2D eigenvalue weighted by molar-refractivity contribution is 6.52. The first-order valence-electron chi connectivity index (χ1n) is 12.6. The van der Waals surface area contributed by atoms with E-state index >= 15 is 0 Å². The number of ether oxygens (including phenoxy) is 3. The summed E-state index contributed by atoms with van der Waals surface area (Å²) in [4.78, 5) is 30.5. The summed E-state index contributed by atoms with van der Waals surface area (Å²) in [6.45, 7) is 2.49. The Morgan fingerprint density at radius 2 is 1.68 bits per heavy atom. The van der Waals surface area contributed by atoms with Gasteiger partial charge in [-0.05, 0) is 42.3 Å². The van der Waals surface area contributed by atoms with Crippen LogP contribution in [-0.2, 0) is 9.59 Å². The molecule has 3 aromatic carbocycles. The number of carbonyl (C=O) groups excluding carboxylic acids is 2. The summed E-state index contributed by atoms with van der Waals surface area (Å²) >= 11 is 12.9. The maximum Gasteiger partial charge on any atom is 0.300 e. The molecule has 1 amide bonds. The molecule has 0 aliphatic carbocycles. The van der Waals surface area contributed by atoms with E-state index in [-0.39, 0.29) is 32.7 Å². The van der Waals surface area contributed by atoms with Gasteiger partial charge < -0.3 is 24.2 Å². The largest absolute Gasteiger partial charge is 0.507 e. The van der Waals surface area contributed by atoms with Crippen LogP contribution in [0.1, 0.15) is 30.5 Å². The van der Waals surface area contributed by atoms with Gasteiger partial charge in [-0.3, -0.25) is 14.5 Å². The third kappa shape index (κ3) is 5.29. The molecule has 1 fully saturated rings. The second-order valence-corrected chi connectivity index (χ2v) is 10.1. The van der Waals surface area contributed by atoms with Gasteiger partial charge in [-0.25, -0.2) is 0 Å². The zero-order valence-corrected chi connectivity index (χ0v) is 24.3. The first-order valence-corrected chi connectivity index (χ1v) is 13.3. The number of carbonyl (C=O) groups is 2. The summed E-state index contributed by atoms with van der Waals surface area (Å²) in [5.41, 5.74) is 1.88. The van der Waals surface area contributed by atoms with E-state index in [1.165, 1.54) is 25.2 Å². The smallest absolute Gasteiger partial charge is 0.300 e. The molecular weight excluding hydrogens is 555 g/mol. The van der Waals surface area contributed by atoms with E-state index in [2.05, 4.69) is 0 Å². The molecule has 1 N–H and O–H groups in total. The SMILES string of the molecule is CCCOc1cccc(N2C(=O)C(=O)/C(=C(/O)c3cc(Cl)c(OC)c(Cl)c3OC)C2c2ccc(N(C)C)cc2)c1. The number of rotatable bonds is 9. The van der Waals surface area contributed by atoms with Gasteiger partial charge in [0.1, 0.15) is 16.5 Å². The van der Waals surface area contributed by atoms with Crippen molar-refractivity contribution < 1.29 is 28.9 Å². The fourth-order valence-electron chi connectivity index (χ4n) is 4.60. The number of ketones is 1. The average molecular weight is 585 g/mol. The summed E-state index contributed by atoms with van der Waals surface area (Å²) in [5, 5.41) is 11.8. The van der Waals surface area contributed by atoms with E-state index in [9.17, 15) is 14.7 Å². The van der Waals surface area contributed by atoms with Gasteiger partial charge in [-0.2, -0.15) is 0 Å². The molecular formula is C30H30Cl2N2O6. The van der Waals surface area contributed by atoms with E-state index < -0.39 is 23.5 Å². The number of methoxy groups -OCH3 is 2. The van der Waals surface area contributed by atoms with Crippen LogP contribution in [0, 0.1) is 0 Å². The van der Waals surface area contributed by atoms with Crippen LogP contribution >= 0.6 is 23.2 Å². The molecule has 1 aliphatic rings. The van der Waals surface area contributed by atoms with Crippen LogP contribution in [0.5, 0.6) is 17.2 Å². The van der Waals surface area contributed by atoms with Crippen LogP contribution in [0.15, 0.2) is 60.2 Å². The van der Waals surface area contributed by atoms with Crippen molar-refractivity contribution in [3.05, 3.63) is 81.3 Å². The predicted octanol–water partition coefficient (Wildman–Crippen LogP) is 6.49. The summed E-state index contributed by atoms with van der Waals surface area (Å²) in [5.74, 6) is -1.41. The molecule has 1 aliphatic heterocycles. The Morgan fingerprint density at radius 3 is 2.27 bits per heavy atom. The van der Waals surface area contributed by atoms with E-state index in [1.807, 2.05) is 50.2 Å². The molecule has 4 rings (SSSR count). The first kappa shape index (κ1) is 29.1. The van der Waals surface area contributed by atoms with Crippen molar-refractivity contribution in [3.63, 3.8) is 0 Å². The Balaban J connectivity index is 1.97. The Hall–Kier alpha value is -3.88. The van der Waals surface area contributed by atoms with Crippen LogP contribution in [-0.4, -0.2) is 51.7 Å². The van der Waals surface area contributed by atoms with Crippen molar-refractivity contribution in [2.45, 2.75) is 19.4 Å². The van der Waals surface area contributed by atoms with Crippen LogP contribution in [0.4, 0.5) is 11.4 Å². The molecule has 210 valence electrons. The minimum Gasteiger partial charge on any atom is -0.507 e. The molecule has 1 unspecified atom stereocenters. The van der Waals surface area contributed by atoms with Crippen LogP contribution in [0.3, 0.4) is 0 Å². The van der Waals surface area contributed by atoms with E-state index in [0.717, 1.165) is 12.1 Å². The second kappa shape index (κ2) is 12.1. The Bertz CT molecular complexity index is 1470. The molecule has 0 spiro atoms. The third-order valence-electron chi connectivity index (χ3n) is 6.53. The molecule has 0 saturated carbocycles. The lowest BCUT2D eigenvalue weighted by molar-refractivity contribution is -0.132. The monoisotopic (exact) mass is 584 g/mol. The molecule has 0 radical (unpaired) electrons. The van der Waals surface area contributed by atoms with Crippen LogP contribution < -0.4 is 24.0 Å². The fourth-order valence-corrected chi connectivity index (χ4v) is 5.29. The Labute approximate surface area is 243 Å². The number of aliphatic hydroxyl groups is 1. The second-order valence-electron chi connectivity index (χ2n) is 9.29. The zero-order chi connectivity index (χ0) is 29.1. The number of amides is 1. The molecule has 40 heavy (non-hydrogen) atoms. The number of hydrogen-bond acceptors (Lipinski definition) is 7. The third-order valence-corrected chi connectivity index (χ3v) is 7.16. The number of hydrogen-bond donors (Lipinski definition) is 1. The van der Waals surface area contributed by atoms with E-state index in [0.29, 0.717) is 23.6 Å². The lowest BCUT2D eigenvalue weighted by Gasteiger charge is -2.26. The molecule has 1 atom stereocenters. The highest BCUT2D eigenvalue weighted by Gasteiger charge is 2.47. The molecule has 0 bridgehead atoms. The van der Waals surface area contributed by atoms with Crippen molar-refractivity contribution in [1.82, 2.24) is 0 Å². The van der Waals surface area contributed by atoms with E-state index in [4.69, 9.17) is 37.4 Å². The highest BCUT2D eigenvalue weighted by Crippen LogP contribution is 2.48. The summed E-state index contributed by atoms with van der Waals surface area (Å²) in [6, 6.07) is 14.7. The summed E-state index contributed by atoms with van der Waals surface area (Å²) < 4.78 is 16.5. The van der Waals surface area contributed by atoms with E-state index in [1.54, 1.807) is 24.3 Å². The molecule has 1 saturated heterocycles. The van der Waals surface area contributed by atoms with Gasteiger partial charge in [0.2, 0.25) is 0 Å². The average Bonchev–Trinajstić information content (AvgIpc) is 3.21. The molecule has 8 nitrogen and oxygen atoms in total. The van der Waals surface area contributed by atoms with Gasteiger partial charge in [0.05, 0.1) is 43.0 Å². The molecule has 10 heteroatoms. The van der Waals surface area contributed by atoms with Gasteiger partial charge in [0.25, 0.3) is 11.7 Å². The van der Waals surface area contributed by atoms with Crippen molar-refractivity contribution in [1.29, 1.82) is 0 Å². The molecule has 0 aromatic heterocycles. The van der Waals surface area contributed by atoms with Crippen molar-refractivity contribution in [2.75, 3.05) is 44.7 Å². The number of anilines is 2. The normalized spacial score (nSPS) is 16.3. The number of nitrogens with zero attached hydrogens (tertiary/aromatic N) is 2. The van der Waals surface area contributed by atoms with Gasteiger partial charge in [-0.1, -0.05) is 48.3 Å². The maximum atomic E-state index is 13.6. The standard InChI is InChI=1S/C30H30Cl2N2O6/c1-6-14-40-20-9-7-8-19(15-20)34-25(17-10-12-18(13-11-17)33(2)3)23(27(36)30(34)37)26(35)21-16-22(31)29(39-5)24(32)28(21)38-4/h7-13,15-16,25,35H,6,14H2,1-5H3/b26-23+. The Kier molecular flexibility index (Phi) is 8.81. The topological polar surface area (TPSA) is 88.5 Å². The molecule has 3 aromatic rings. The van der Waals surface area contributed by atoms with Gasteiger partial charge in [-0.15, -0.1) is 0 Å². The number of Topliss-reactive ketones (excluding diaryl/α,β-unsaturated/α-hetero) is 1. The first-order chi connectivity index (χ1) is 19.1. The van der Waals surface area contributed by atoms with Crippen molar-refractivity contribution >= 4 is 52.0 Å². The van der Waals surface area contributed by atoms with Gasteiger partial charge in [0, 0.05) is 31.5 Å². The van der Waals surface area contributed by atoms with Gasteiger partial charge >= 0.3 is 0 Å². The number of halogens is 2. The van der Waals surface area contributed by atoms with Crippen molar-refractivity contribution in [3.8, 4) is 17.2 Å². The quantitative estimate of drug-likeness (QED) is 0.174.